The molecule has 17 heavy (non-hydrogen) atoms. The van der Waals surface area contributed by atoms with Crippen molar-refractivity contribution in [2.75, 3.05) is 13.6 Å². The van der Waals surface area contributed by atoms with Crippen LogP contribution in [-0.2, 0) is 11.2 Å². The zero-order valence-corrected chi connectivity index (χ0v) is 11.5. The summed E-state index contributed by atoms with van der Waals surface area (Å²) in [4.78, 5) is 14.7. The lowest BCUT2D eigenvalue weighted by Gasteiger charge is -2.17. The zero-order valence-electron chi connectivity index (χ0n) is 10.6. The van der Waals surface area contributed by atoms with Gasteiger partial charge >= 0.3 is 0 Å². The predicted octanol–water partition coefficient (Wildman–Crippen LogP) is 3.17. The van der Waals surface area contributed by atoms with Gasteiger partial charge < -0.3 is 4.90 Å². The molecule has 0 N–H and O–H groups in total. The van der Waals surface area contributed by atoms with E-state index in [1.54, 1.807) is 0 Å². The maximum atomic E-state index is 11.9. The number of rotatable bonds is 6. The second kappa shape index (κ2) is 7.38. The summed E-state index contributed by atoms with van der Waals surface area (Å²) in [5.74, 6) is 0.188. The normalized spacial score (nSPS) is 10.3. The van der Waals surface area contributed by atoms with Crippen LogP contribution in [0.3, 0.4) is 0 Å². The largest absolute Gasteiger partial charge is 0.345 e. The number of benzene rings is 1. The molecule has 2 nitrogen and oxygen atoms in total. The molecular formula is C14H21NOS. The minimum absolute atomic E-state index is 0.188. The molecule has 0 aromatic heterocycles. The van der Waals surface area contributed by atoms with E-state index in [0.717, 1.165) is 23.4 Å². The van der Waals surface area contributed by atoms with E-state index in [1.807, 2.05) is 36.2 Å². The van der Waals surface area contributed by atoms with Crippen LogP contribution in [-0.4, -0.2) is 24.4 Å². The number of carbonyl (C=O) groups excluding carboxylic acids is 1. The molecule has 0 atom stereocenters. The van der Waals surface area contributed by atoms with Gasteiger partial charge in [-0.15, -0.1) is 12.6 Å². The van der Waals surface area contributed by atoms with E-state index in [9.17, 15) is 4.79 Å². The van der Waals surface area contributed by atoms with Crippen molar-refractivity contribution in [3.8, 4) is 0 Å². The Balaban J connectivity index is 2.40. The van der Waals surface area contributed by atoms with E-state index in [-0.39, 0.29) is 5.91 Å². The van der Waals surface area contributed by atoms with Crippen LogP contribution in [0.5, 0.6) is 0 Å². The summed E-state index contributed by atoms with van der Waals surface area (Å²) in [6.45, 7) is 3.03. The second-order valence-electron chi connectivity index (χ2n) is 4.37. The number of hydrogen-bond acceptors (Lipinski definition) is 2. The van der Waals surface area contributed by atoms with Gasteiger partial charge in [0.05, 0.1) is 6.42 Å². The summed E-state index contributed by atoms with van der Waals surface area (Å²) < 4.78 is 0. The Kier molecular flexibility index (Phi) is 6.12. The molecule has 0 spiro atoms. The first-order valence-electron chi connectivity index (χ1n) is 6.15. The molecule has 1 aromatic carbocycles. The van der Waals surface area contributed by atoms with Crippen LogP contribution in [0.2, 0.25) is 0 Å². The predicted molar refractivity (Wildman–Crippen MR) is 74.6 cm³/mol. The van der Waals surface area contributed by atoms with Crippen LogP contribution in [0, 0.1) is 0 Å². The van der Waals surface area contributed by atoms with Gasteiger partial charge in [-0.1, -0.05) is 31.9 Å². The van der Waals surface area contributed by atoms with E-state index < -0.39 is 0 Å². The van der Waals surface area contributed by atoms with Crippen LogP contribution in [0.25, 0.3) is 0 Å². The van der Waals surface area contributed by atoms with Gasteiger partial charge in [0, 0.05) is 18.5 Å². The topological polar surface area (TPSA) is 20.3 Å². The quantitative estimate of drug-likeness (QED) is 0.608. The molecule has 94 valence electrons. The molecule has 1 amide bonds. The van der Waals surface area contributed by atoms with Crippen LogP contribution < -0.4 is 0 Å². The van der Waals surface area contributed by atoms with E-state index in [2.05, 4.69) is 19.6 Å². The van der Waals surface area contributed by atoms with Crippen molar-refractivity contribution in [3.05, 3.63) is 29.8 Å². The van der Waals surface area contributed by atoms with Crippen LogP contribution >= 0.6 is 12.6 Å². The summed E-state index contributed by atoms with van der Waals surface area (Å²) in [5, 5.41) is 0. The van der Waals surface area contributed by atoms with Crippen molar-refractivity contribution in [2.45, 2.75) is 37.5 Å². The van der Waals surface area contributed by atoms with E-state index >= 15 is 0 Å². The minimum atomic E-state index is 0.188. The first-order chi connectivity index (χ1) is 8.13. The summed E-state index contributed by atoms with van der Waals surface area (Å²) in [5.41, 5.74) is 1.05. The molecule has 1 aromatic rings. The number of unbranched alkanes of at least 4 members (excludes halogenated alkanes) is 2. The molecule has 0 aliphatic heterocycles. The standard InChI is InChI=1S/C14H21NOS/c1-3-4-5-10-15(2)14(16)11-12-6-8-13(17)9-7-12/h6-9,17H,3-5,10-11H2,1-2H3. The van der Waals surface area contributed by atoms with Crippen LogP contribution in [0.4, 0.5) is 0 Å². The van der Waals surface area contributed by atoms with Crippen molar-refractivity contribution in [3.63, 3.8) is 0 Å². The van der Waals surface area contributed by atoms with Gasteiger partial charge in [0.2, 0.25) is 5.91 Å². The van der Waals surface area contributed by atoms with Gasteiger partial charge in [-0.25, -0.2) is 0 Å². The number of thiol groups is 1. The van der Waals surface area contributed by atoms with Crippen molar-refractivity contribution in [1.82, 2.24) is 4.90 Å². The first-order valence-corrected chi connectivity index (χ1v) is 6.60. The Hall–Kier alpha value is -0.960. The fourth-order valence-corrected chi connectivity index (χ4v) is 1.80. The Labute approximate surface area is 109 Å². The average molecular weight is 251 g/mol. The van der Waals surface area contributed by atoms with E-state index in [4.69, 9.17) is 0 Å². The third-order valence-electron chi connectivity index (χ3n) is 2.81. The molecule has 0 heterocycles. The number of nitrogens with zero attached hydrogens (tertiary/aromatic N) is 1. The van der Waals surface area contributed by atoms with Gasteiger partial charge in [0.1, 0.15) is 0 Å². The SMILES string of the molecule is CCCCCN(C)C(=O)Cc1ccc(S)cc1. The molecule has 0 fully saturated rings. The lowest BCUT2D eigenvalue weighted by atomic mass is 10.1. The Morgan fingerprint density at radius 2 is 1.88 bits per heavy atom. The fraction of sp³-hybridized carbons (Fsp3) is 0.500. The molecule has 0 radical (unpaired) electrons. The molecule has 1 rings (SSSR count). The molecule has 0 aliphatic rings. The molecule has 3 heteroatoms. The number of hydrogen-bond donors (Lipinski definition) is 1. The fourth-order valence-electron chi connectivity index (χ4n) is 1.65. The van der Waals surface area contributed by atoms with Gasteiger partial charge in [-0.3, -0.25) is 4.79 Å². The number of likely N-dealkylation sites (N-methyl/N-ethyl adjacent to an activating group) is 1. The molecule has 0 saturated heterocycles. The third-order valence-corrected chi connectivity index (χ3v) is 3.11. The molecule has 0 aliphatic carbocycles. The molecular weight excluding hydrogens is 230 g/mol. The zero-order chi connectivity index (χ0) is 12.7. The van der Waals surface area contributed by atoms with E-state index in [0.29, 0.717) is 6.42 Å². The third kappa shape index (κ3) is 5.26. The Bertz CT molecular complexity index is 348. The Morgan fingerprint density at radius 1 is 1.24 bits per heavy atom. The highest BCUT2D eigenvalue weighted by atomic mass is 32.1. The number of amides is 1. The first kappa shape index (κ1) is 14.1. The highest BCUT2D eigenvalue weighted by Gasteiger charge is 2.08. The lowest BCUT2D eigenvalue weighted by Crippen LogP contribution is -2.29. The molecule has 0 saturated carbocycles. The van der Waals surface area contributed by atoms with Gasteiger partial charge in [0.15, 0.2) is 0 Å². The van der Waals surface area contributed by atoms with Crippen molar-refractivity contribution >= 4 is 18.5 Å². The summed E-state index contributed by atoms with van der Waals surface area (Å²) in [7, 11) is 1.88. The highest BCUT2D eigenvalue weighted by Crippen LogP contribution is 2.09. The van der Waals surface area contributed by atoms with Gasteiger partial charge in [-0.05, 0) is 24.1 Å². The molecule has 0 unspecified atom stereocenters. The summed E-state index contributed by atoms with van der Waals surface area (Å²) in [6, 6.07) is 7.76. The Morgan fingerprint density at radius 3 is 2.47 bits per heavy atom. The summed E-state index contributed by atoms with van der Waals surface area (Å²) in [6.07, 6.45) is 3.95. The van der Waals surface area contributed by atoms with Crippen molar-refractivity contribution in [2.24, 2.45) is 0 Å². The maximum Gasteiger partial charge on any atom is 0.226 e. The van der Waals surface area contributed by atoms with Gasteiger partial charge in [0.25, 0.3) is 0 Å². The second-order valence-corrected chi connectivity index (χ2v) is 4.88. The monoisotopic (exact) mass is 251 g/mol. The van der Waals surface area contributed by atoms with E-state index in [1.165, 1.54) is 12.8 Å². The van der Waals surface area contributed by atoms with Crippen molar-refractivity contribution < 1.29 is 4.79 Å². The van der Waals surface area contributed by atoms with Gasteiger partial charge in [-0.2, -0.15) is 0 Å². The smallest absolute Gasteiger partial charge is 0.226 e. The lowest BCUT2D eigenvalue weighted by molar-refractivity contribution is -0.129. The van der Waals surface area contributed by atoms with Crippen molar-refractivity contribution in [1.29, 1.82) is 0 Å². The van der Waals surface area contributed by atoms with Crippen LogP contribution in [0.1, 0.15) is 31.7 Å². The number of carbonyl (C=O) groups is 1. The summed E-state index contributed by atoms with van der Waals surface area (Å²) >= 11 is 4.22. The highest BCUT2D eigenvalue weighted by molar-refractivity contribution is 7.80. The molecule has 0 bridgehead atoms. The average Bonchev–Trinajstić information content (AvgIpc) is 2.32. The maximum absolute atomic E-state index is 11.9. The van der Waals surface area contributed by atoms with Crippen LogP contribution in [0.15, 0.2) is 29.2 Å². The minimum Gasteiger partial charge on any atom is -0.345 e.